The van der Waals surface area contributed by atoms with Gasteiger partial charge in [0.15, 0.2) is 0 Å². The molecule has 0 spiro atoms. The van der Waals surface area contributed by atoms with Crippen molar-refractivity contribution in [2.75, 3.05) is 26.3 Å². The van der Waals surface area contributed by atoms with Gasteiger partial charge in [-0.1, -0.05) is 141 Å². The van der Waals surface area contributed by atoms with Crippen molar-refractivity contribution < 1.29 is 24.3 Å². The first-order valence-corrected chi connectivity index (χ1v) is 19.6. The molecule has 0 atom stereocenters. The van der Waals surface area contributed by atoms with Crippen LogP contribution in [0.4, 0.5) is 0 Å². The largest absolute Gasteiger partial charge is 0.464 e. The van der Waals surface area contributed by atoms with E-state index in [9.17, 15) is 14.8 Å². The van der Waals surface area contributed by atoms with Crippen molar-refractivity contribution in [2.24, 2.45) is 0 Å². The SMILES string of the molecule is CCCCCCCCC=CCCCCCCCC(=O)OCCN(O)CCOC(=O)CCCCCCCC=CCCCCCCCC. The van der Waals surface area contributed by atoms with Gasteiger partial charge in [0.2, 0.25) is 0 Å². The van der Waals surface area contributed by atoms with E-state index in [4.69, 9.17) is 9.47 Å². The standard InChI is InChI=1S/C40H75NO5/c1-3-5-7-9-11-13-15-17-19-21-23-25-27-29-31-33-39(42)45-37-35-41(44)36-38-46-40(43)34-32-30-28-26-24-22-20-18-16-14-12-10-8-6-4-2/h17-20,44H,3-16,21-38H2,1-2H3. The average Bonchev–Trinajstić information content (AvgIpc) is 3.04. The fourth-order valence-corrected chi connectivity index (χ4v) is 5.47. The van der Waals surface area contributed by atoms with Gasteiger partial charge in [-0.3, -0.25) is 9.59 Å². The van der Waals surface area contributed by atoms with Crippen LogP contribution < -0.4 is 0 Å². The Morgan fingerprint density at radius 3 is 1.07 bits per heavy atom. The van der Waals surface area contributed by atoms with Crippen LogP contribution in [0.15, 0.2) is 24.3 Å². The molecule has 0 aromatic carbocycles. The van der Waals surface area contributed by atoms with E-state index in [1.165, 1.54) is 116 Å². The van der Waals surface area contributed by atoms with Crippen LogP contribution in [-0.4, -0.2) is 48.5 Å². The third-order valence-corrected chi connectivity index (χ3v) is 8.51. The molecule has 0 radical (unpaired) electrons. The molecule has 6 nitrogen and oxygen atoms in total. The van der Waals surface area contributed by atoms with Crippen LogP contribution in [-0.2, 0) is 19.1 Å². The highest BCUT2D eigenvalue weighted by atomic mass is 16.6. The fourth-order valence-electron chi connectivity index (χ4n) is 5.47. The van der Waals surface area contributed by atoms with Crippen LogP contribution in [0.2, 0.25) is 0 Å². The van der Waals surface area contributed by atoms with Crippen molar-refractivity contribution in [3.63, 3.8) is 0 Å². The van der Waals surface area contributed by atoms with Crippen LogP contribution in [0.1, 0.15) is 194 Å². The number of esters is 2. The van der Waals surface area contributed by atoms with Gasteiger partial charge < -0.3 is 14.7 Å². The van der Waals surface area contributed by atoms with Gasteiger partial charge >= 0.3 is 11.9 Å². The number of nitrogens with zero attached hydrogens (tertiary/aromatic N) is 1. The van der Waals surface area contributed by atoms with Gasteiger partial charge in [-0.15, -0.1) is 0 Å². The molecular formula is C40H75NO5. The molecular weight excluding hydrogens is 574 g/mol. The van der Waals surface area contributed by atoms with Gasteiger partial charge in [0, 0.05) is 12.8 Å². The van der Waals surface area contributed by atoms with E-state index >= 15 is 0 Å². The van der Waals surface area contributed by atoms with Gasteiger partial charge in [-0.05, 0) is 64.2 Å². The van der Waals surface area contributed by atoms with Crippen LogP contribution >= 0.6 is 0 Å². The number of rotatable bonds is 36. The smallest absolute Gasteiger partial charge is 0.305 e. The molecule has 0 aromatic rings. The van der Waals surface area contributed by atoms with Crippen molar-refractivity contribution in [3.8, 4) is 0 Å². The summed E-state index contributed by atoms with van der Waals surface area (Å²) in [4.78, 5) is 23.9. The number of carbonyl (C=O) groups excluding carboxylic acids is 2. The predicted octanol–water partition coefficient (Wildman–Crippen LogP) is 11.8. The molecule has 0 rings (SSSR count). The summed E-state index contributed by atoms with van der Waals surface area (Å²) in [5.41, 5.74) is 0. The van der Waals surface area contributed by atoms with Crippen molar-refractivity contribution >= 4 is 11.9 Å². The molecule has 6 heteroatoms. The number of carbonyl (C=O) groups is 2. The molecule has 0 amide bonds. The van der Waals surface area contributed by atoms with E-state index in [1.807, 2.05) is 0 Å². The third-order valence-electron chi connectivity index (χ3n) is 8.51. The lowest BCUT2D eigenvalue weighted by molar-refractivity contribution is -0.154. The Bertz CT molecular complexity index is 650. The first-order chi connectivity index (χ1) is 22.6. The Balaban J connectivity index is 3.43. The van der Waals surface area contributed by atoms with Crippen molar-refractivity contribution in [3.05, 3.63) is 24.3 Å². The Hall–Kier alpha value is -1.66. The maximum atomic E-state index is 11.9. The van der Waals surface area contributed by atoms with Gasteiger partial charge in [0.1, 0.15) is 13.2 Å². The number of unbranched alkanes of at least 4 members (excludes halogenated alkanes) is 22. The molecule has 0 aliphatic rings. The second-order valence-electron chi connectivity index (χ2n) is 13.1. The Labute approximate surface area is 285 Å². The summed E-state index contributed by atoms with van der Waals surface area (Å²) >= 11 is 0. The Kier molecular flexibility index (Phi) is 36.4. The van der Waals surface area contributed by atoms with Gasteiger partial charge in [-0.2, -0.15) is 5.06 Å². The summed E-state index contributed by atoms with van der Waals surface area (Å²) in [6.45, 7) is 5.23. The molecule has 46 heavy (non-hydrogen) atoms. The topological polar surface area (TPSA) is 76.1 Å². The van der Waals surface area contributed by atoms with E-state index in [-0.39, 0.29) is 38.2 Å². The highest BCUT2D eigenvalue weighted by Crippen LogP contribution is 2.12. The maximum absolute atomic E-state index is 11.9. The third kappa shape index (κ3) is 36.8. The minimum Gasteiger partial charge on any atom is -0.464 e. The predicted molar refractivity (Wildman–Crippen MR) is 194 cm³/mol. The first kappa shape index (κ1) is 44.3. The summed E-state index contributed by atoms with van der Waals surface area (Å²) < 4.78 is 10.5. The van der Waals surface area contributed by atoms with Crippen LogP contribution in [0.3, 0.4) is 0 Å². The second-order valence-corrected chi connectivity index (χ2v) is 13.1. The highest BCUT2D eigenvalue weighted by molar-refractivity contribution is 5.69. The zero-order valence-corrected chi connectivity index (χ0v) is 30.5. The molecule has 0 heterocycles. The van der Waals surface area contributed by atoms with Gasteiger partial charge in [0.25, 0.3) is 0 Å². The van der Waals surface area contributed by atoms with Crippen LogP contribution in [0.5, 0.6) is 0 Å². The summed E-state index contributed by atoms with van der Waals surface area (Å²) in [7, 11) is 0. The molecule has 0 aromatic heterocycles. The molecule has 0 saturated heterocycles. The molecule has 0 aliphatic carbocycles. The van der Waals surface area contributed by atoms with Gasteiger partial charge in [-0.25, -0.2) is 0 Å². The average molecular weight is 650 g/mol. The zero-order valence-electron chi connectivity index (χ0n) is 30.5. The van der Waals surface area contributed by atoms with Crippen molar-refractivity contribution in [1.82, 2.24) is 5.06 Å². The van der Waals surface area contributed by atoms with E-state index in [1.54, 1.807) is 0 Å². The minimum absolute atomic E-state index is 0.142. The number of hydroxylamine groups is 2. The van der Waals surface area contributed by atoms with E-state index < -0.39 is 0 Å². The number of allylic oxidation sites excluding steroid dienone is 4. The number of hydrogen-bond acceptors (Lipinski definition) is 6. The molecule has 0 bridgehead atoms. The Morgan fingerprint density at radius 2 is 0.739 bits per heavy atom. The van der Waals surface area contributed by atoms with Crippen LogP contribution in [0, 0.1) is 0 Å². The molecule has 0 fully saturated rings. The van der Waals surface area contributed by atoms with Crippen LogP contribution in [0.25, 0.3) is 0 Å². The second kappa shape index (κ2) is 37.8. The molecule has 0 unspecified atom stereocenters. The summed E-state index contributed by atoms with van der Waals surface area (Å²) in [5.74, 6) is -0.421. The lowest BCUT2D eigenvalue weighted by Crippen LogP contribution is -2.29. The lowest BCUT2D eigenvalue weighted by atomic mass is 10.1. The molecule has 0 saturated carbocycles. The fraction of sp³-hybridized carbons (Fsp3) is 0.850. The quantitative estimate of drug-likeness (QED) is 0.0315. The zero-order chi connectivity index (χ0) is 33.6. The minimum atomic E-state index is -0.211. The summed E-state index contributed by atoms with van der Waals surface area (Å²) in [6.07, 6.45) is 42.2. The van der Waals surface area contributed by atoms with Gasteiger partial charge in [0.05, 0.1) is 13.1 Å². The normalized spacial score (nSPS) is 11.7. The number of hydrogen-bond donors (Lipinski definition) is 1. The molecule has 1 N–H and O–H groups in total. The van der Waals surface area contributed by atoms with Crippen molar-refractivity contribution in [1.29, 1.82) is 0 Å². The van der Waals surface area contributed by atoms with E-state index in [0.29, 0.717) is 12.8 Å². The Morgan fingerprint density at radius 1 is 0.457 bits per heavy atom. The summed E-state index contributed by atoms with van der Waals surface area (Å²) in [6, 6.07) is 0. The summed E-state index contributed by atoms with van der Waals surface area (Å²) in [5, 5.41) is 11.0. The van der Waals surface area contributed by atoms with E-state index in [0.717, 1.165) is 56.4 Å². The monoisotopic (exact) mass is 650 g/mol. The van der Waals surface area contributed by atoms with Crippen molar-refractivity contribution in [2.45, 2.75) is 194 Å². The lowest BCUT2D eigenvalue weighted by Gasteiger charge is -2.14. The first-order valence-electron chi connectivity index (χ1n) is 19.6. The highest BCUT2D eigenvalue weighted by Gasteiger charge is 2.07. The molecule has 270 valence electrons. The molecule has 0 aliphatic heterocycles. The maximum Gasteiger partial charge on any atom is 0.305 e. The number of ether oxygens (including phenoxy) is 2. The van der Waals surface area contributed by atoms with E-state index in [2.05, 4.69) is 38.2 Å².